The van der Waals surface area contributed by atoms with E-state index >= 15 is 0 Å². The van der Waals surface area contributed by atoms with Gasteiger partial charge in [-0.25, -0.2) is 0 Å². The Morgan fingerprint density at radius 1 is 1.37 bits per heavy atom. The van der Waals surface area contributed by atoms with Gasteiger partial charge in [-0.15, -0.1) is 5.10 Å². The van der Waals surface area contributed by atoms with Crippen molar-refractivity contribution in [1.82, 2.24) is 25.1 Å². The van der Waals surface area contributed by atoms with Crippen molar-refractivity contribution >= 4 is 17.7 Å². The van der Waals surface area contributed by atoms with Gasteiger partial charge in [0.1, 0.15) is 11.4 Å². The Balaban J connectivity index is 1.74. The largest absolute Gasteiger partial charge is 0.494 e. The Morgan fingerprint density at radius 3 is 2.93 bits per heavy atom. The number of benzene rings is 1. The van der Waals surface area contributed by atoms with Crippen LogP contribution in [-0.2, 0) is 4.79 Å². The number of carbonyl (C=O) groups is 1. The summed E-state index contributed by atoms with van der Waals surface area (Å²) in [6.07, 6.45) is 6.57. The van der Waals surface area contributed by atoms with Crippen LogP contribution in [0.3, 0.4) is 0 Å². The molecule has 1 aromatic carbocycles. The summed E-state index contributed by atoms with van der Waals surface area (Å²) in [7, 11) is 1.62. The highest BCUT2D eigenvalue weighted by Gasteiger charge is 2.20. The highest BCUT2D eigenvalue weighted by molar-refractivity contribution is 7.99. The van der Waals surface area contributed by atoms with E-state index in [0.717, 1.165) is 36.2 Å². The lowest BCUT2D eigenvalue weighted by molar-refractivity contribution is -0.126. The van der Waals surface area contributed by atoms with Crippen molar-refractivity contribution in [3.8, 4) is 11.4 Å². The summed E-state index contributed by atoms with van der Waals surface area (Å²) in [4.78, 5) is 14.6. The molecule has 27 heavy (non-hydrogen) atoms. The van der Waals surface area contributed by atoms with Gasteiger partial charge in [-0.1, -0.05) is 23.9 Å². The summed E-state index contributed by atoms with van der Waals surface area (Å²) >= 11 is 1.34. The molecular formula is C19H25N5O2S. The van der Waals surface area contributed by atoms with E-state index in [1.807, 2.05) is 36.9 Å². The number of rotatable bonds is 7. The summed E-state index contributed by atoms with van der Waals surface area (Å²) < 4.78 is 7.06. The molecule has 1 heterocycles. The van der Waals surface area contributed by atoms with E-state index in [4.69, 9.17) is 4.74 Å². The first kappa shape index (κ1) is 19.4. The van der Waals surface area contributed by atoms with Crippen LogP contribution in [0.25, 0.3) is 5.69 Å². The average Bonchev–Trinajstić information content (AvgIpc) is 3.16. The van der Waals surface area contributed by atoms with Gasteiger partial charge >= 0.3 is 0 Å². The topological polar surface area (TPSA) is 73.1 Å². The van der Waals surface area contributed by atoms with E-state index in [2.05, 4.69) is 21.6 Å². The van der Waals surface area contributed by atoms with E-state index in [1.54, 1.807) is 11.8 Å². The normalized spacial score (nSPS) is 14.0. The van der Waals surface area contributed by atoms with E-state index in [1.165, 1.54) is 18.2 Å². The van der Waals surface area contributed by atoms with Crippen molar-refractivity contribution in [2.45, 2.75) is 44.7 Å². The minimum absolute atomic E-state index is 0.0846. The van der Waals surface area contributed by atoms with Gasteiger partial charge in [-0.05, 0) is 67.7 Å². The van der Waals surface area contributed by atoms with Gasteiger partial charge in [0.15, 0.2) is 0 Å². The third kappa shape index (κ3) is 4.50. The summed E-state index contributed by atoms with van der Waals surface area (Å²) in [5, 5.41) is 12.5. The van der Waals surface area contributed by atoms with Crippen LogP contribution in [0.15, 0.2) is 35.1 Å². The molecule has 1 aliphatic carbocycles. The second-order valence-corrected chi connectivity index (χ2v) is 7.36. The van der Waals surface area contributed by atoms with Crippen molar-refractivity contribution in [2.75, 3.05) is 19.4 Å². The second-order valence-electron chi connectivity index (χ2n) is 6.42. The molecule has 0 atom stereocenters. The first-order valence-corrected chi connectivity index (χ1v) is 10.2. The van der Waals surface area contributed by atoms with E-state index < -0.39 is 0 Å². The first-order valence-electron chi connectivity index (χ1n) is 9.19. The zero-order valence-electron chi connectivity index (χ0n) is 16.0. The number of hydrogen-bond donors (Lipinski definition) is 0. The van der Waals surface area contributed by atoms with Crippen molar-refractivity contribution in [3.63, 3.8) is 0 Å². The molecule has 0 fully saturated rings. The van der Waals surface area contributed by atoms with Gasteiger partial charge in [-0.3, -0.25) is 4.79 Å². The molecule has 0 bridgehead atoms. The van der Waals surface area contributed by atoms with Crippen LogP contribution in [0.5, 0.6) is 5.75 Å². The van der Waals surface area contributed by atoms with Gasteiger partial charge in [0.05, 0.1) is 12.9 Å². The minimum atomic E-state index is 0.0846. The fraction of sp³-hybridized carbons (Fsp3) is 0.474. The van der Waals surface area contributed by atoms with Gasteiger partial charge in [0.25, 0.3) is 0 Å². The molecule has 144 valence electrons. The molecule has 1 aliphatic rings. The highest BCUT2D eigenvalue weighted by Crippen LogP contribution is 2.28. The summed E-state index contributed by atoms with van der Waals surface area (Å²) in [6.45, 7) is 4.70. The molecular weight excluding hydrogens is 362 g/mol. The summed E-state index contributed by atoms with van der Waals surface area (Å²) in [5.74, 6) is 1.06. The highest BCUT2D eigenvalue weighted by atomic mass is 32.2. The predicted molar refractivity (Wildman–Crippen MR) is 105 cm³/mol. The average molecular weight is 388 g/mol. The van der Waals surface area contributed by atoms with E-state index in [-0.39, 0.29) is 5.91 Å². The molecule has 0 saturated heterocycles. The van der Waals surface area contributed by atoms with Gasteiger partial charge in [-0.2, -0.15) is 4.68 Å². The van der Waals surface area contributed by atoms with Gasteiger partial charge < -0.3 is 9.64 Å². The molecule has 7 nitrogen and oxygen atoms in total. The van der Waals surface area contributed by atoms with E-state index in [9.17, 15) is 4.79 Å². The van der Waals surface area contributed by atoms with Crippen LogP contribution in [0, 0.1) is 6.92 Å². The number of ether oxygens (including phenoxy) is 1. The lowest BCUT2D eigenvalue weighted by atomic mass is 10.0. The summed E-state index contributed by atoms with van der Waals surface area (Å²) in [6, 6.07) is 5.83. The number of allylic oxidation sites excluding steroid dienone is 2. The maximum absolute atomic E-state index is 12.8. The SMILES string of the molecule is CCN(C(=O)CSc1nnnn1-c1cc(C)ccc1OC)C1=CCCCC1. The standard InChI is InChI=1S/C19H25N5O2S/c1-4-23(15-8-6-5-7-9-15)18(25)13-27-19-20-21-22-24(19)16-12-14(2)10-11-17(16)26-3/h8,10-12H,4-7,9,13H2,1-3H3. The van der Waals surface area contributed by atoms with Crippen LogP contribution in [0.1, 0.15) is 38.2 Å². The Morgan fingerprint density at radius 2 is 2.22 bits per heavy atom. The van der Waals surface area contributed by atoms with Crippen LogP contribution < -0.4 is 4.74 Å². The number of amides is 1. The van der Waals surface area contributed by atoms with Crippen molar-refractivity contribution < 1.29 is 9.53 Å². The Labute approximate surface area is 163 Å². The number of nitrogens with zero attached hydrogens (tertiary/aromatic N) is 5. The maximum atomic E-state index is 12.8. The Bertz CT molecular complexity index is 833. The minimum Gasteiger partial charge on any atom is -0.494 e. The third-order valence-electron chi connectivity index (χ3n) is 4.56. The maximum Gasteiger partial charge on any atom is 0.237 e. The molecule has 8 heteroatoms. The lowest BCUT2D eigenvalue weighted by Gasteiger charge is -2.26. The third-order valence-corrected chi connectivity index (χ3v) is 5.46. The Hall–Kier alpha value is -2.35. The fourth-order valence-corrected chi connectivity index (χ4v) is 3.96. The molecule has 3 rings (SSSR count). The van der Waals surface area contributed by atoms with E-state index in [0.29, 0.717) is 23.2 Å². The van der Waals surface area contributed by atoms with Crippen molar-refractivity contribution in [3.05, 3.63) is 35.5 Å². The van der Waals surface area contributed by atoms with Crippen LogP contribution in [0.2, 0.25) is 0 Å². The van der Waals surface area contributed by atoms with Gasteiger partial charge in [0, 0.05) is 12.2 Å². The first-order chi connectivity index (χ1) is 13.1. The Kier molecular flexibility index (Phi) is 6.49. The molecule has 1 aromatic heterocycles. The second kappa shape index (κ2) is 9.03. The fourth-order valence-electron chi connectivity index (χ4n) is 3.20. The molecule has 0 spiro atoms. The molecule has 0 radical (unpaired) electrons. The molecule has 0 saturated carbocycles. The number of aromatic nitrogens is 4. The van der Waals surface area contributed by atoms with Crippen LogP contribution in [0.4, 0.5) is 0 Å². The lowest BCUT2D eigenvalue weighted by Crippen LogP contribution is -2.32. The smallest absolute Gasteiger partial charge is 0.237 e. The number of methoxy groups -OCH3 is 1. The number of thioether (sulfide) groups is 1. The quantitative estimate of drug-likeness (QED) is 0.678. The van der Waals surface area contributed by atoms with Crippen molar-refractivity contribution in [2.24, 2.45) is 0 Å². The zero-order chi connectivity index (χ0) is 19.2. The molecule has 0 N–H and O–H groups in total. The number of carbonyl (C=O) groups excluding carboxylic acids is 1. The monoisotopic (exact) mass is 387 g/mol. The molecule has 1 amide bonds. The molecule has 0 aliphatic heterocycles. The van der Waals surface area contributed by atoms with Crippen LogP contribution in [-0.4, -0.2) is 50.4 Å². The van der Waals surface area contributed by atoms with Crippen molar-refractivity contribution in [1.29, 1.82) is 0 Å². The zero-order valence-corrected chi connectivity index (χ0v) is 16.8. The van der Waals surface area contributed by atoms with Crippen LogP contribution >= 0.6 is 11.8 Å². The molecule has 0 unspecified atom stereocenters. The van der Waals surface area contributed by atoms with Gasteiger partial charge in [0.2, 0.25) is 11.1 Å². The number of aryl methyl sites for hydroxylation is 1. The number of tetrazole rings is 1. The number of hydrogen-bond acceptors (Lipinski definition) is 6. The molecule has 2 aromatic rings. The summed E-state index contributed by atoms with van der Waals surface area (Å²) in [5.41, 5.74) is 2.99. The predicted octanol–water partition coefficient (Wildman–Crippen LogP) is 3.38.